The van der Waals surface area contributed by atoms with Crippen LogP contribution >= 0.6 is 0 Å². The molecule has 0 aliphatic carbocycles. The van der Waals surface area contributed by atoms with Crippen LogP contribution in [-0.2, 0) is 6.42 Å². The summed E-state index contributed by atoms with van der Waals surface area (Å²) in [7, 11) is 0. The first-order valence-electron chi connectivity index (χ1n) is 9.18. The normalized spacial score (nSPS) is 11.0. The van der Waals surface area contributed by atoms with Gasteiger partial charge in [0.1, 0.15) is 5.82 Å². The van der Waals surface area contributed by atoms with E-state index in [-0.39, 0.29) is 0 Å². The number of rotatable bonds is 9. The van der Waals surface area contributed by atoms with Gasteiger partial charge in [-0.15, -0.1) is 0 Å². The second-order valence-electron chi connectivity index (χ2n) is 6.27. The molecular weight excluding hydrogens is 310 g/mol. The molecule has 3 aromatic rings. The first-order valence-corrected chi connectivity index (χ1v) is 9.18. The Balaban J connectivity index is 1.62. The summed E-state index contributed by atoms with van der Waals surface area (Å²) in [6.45, 7) is 7.21. The van der Waals surface area contributed by atoms with Gasteiger partial charge in [0.2, 0.25) is 5.95 Å². The molecular formula is C20H27N5. The van der Waals surface area contributed by atoms with Crippen molar-refractivity contribution in [3.63, 3.8) is 0 Å². The number of nitrogens with one attached hydrogen (secondary N) is 2. The van der Waals surface area contributed by atoms with E-state index in [0.29, 0.717) is 0 Å². The van der Waals surface area contributed by atoms with E-state index in [1.807, 2.05) is 12.3 Å². The molecule has 0 radical (unpaired) electrons. The zero-order valence-electron chi connectivity index (χ0n) is 15.1. The standard InChI is InChI=1S/C20H27N5/c1-3-13-25(14-4-2)20-22-12-10-19(24-20)21-11-9-16-15-23-18-8-6-5-7-17(16)18/h5-8,10,12,15,23H,3-4,9,11,13-14H2,1-2H3,(H,21,22,24). The van der Waals surface area contributed by atoms with Crippen molar-refractivity contribution in [2.75, 3.05) is 29.9 Å². The van der Waals surface area contributed by atoms with Crippen molar-refractivity contribution in [1.82, 2.24) is 15.0 Å². The van der Waals surface area contributed by atoms with Gasteiger partial charge in [0.25, 0.3) is 0 Å². The van der Waals surface area contributed by atoms with Gasteiger partial charge in [-0.25, -0.2) is 4.98 Å². The number of anilines is 2. The number of hydrogen-bond donors (Lipinski definition) is 2. The fraction of sp³-hybridized carbons (Fsp3) is 0.400. The Labute approximate surface area is 149 Å². The smallest absolute Gasteiger partial charge is 0.227 e. The molecule has 0 saturated carbocycles. The highest BCUT2D eigenvalue weighted by Gasteiger charge is 2.08. The maximum absolute atomic E-state index is 4.69. The third-order valence-electron chi connectivity index (χ3n) is 4.29. The molecule has 0 spiro atoms. The first-order chi connectivity index (χ1) is 12.3. The van der Waals surface area contributed by atoms with Crippen molar-refractivity contribution >= 4 is 22.7 Å². The molecule has 0 aliphatic heterocycles. The summed E-state index contributed by atoms with van der Waals surface area (Å²) in [4.78, 5) is 14.7. The summed E-state index contributed by atoms with van der Waals surface area (Å²) in [5.41, 5.74) is 2.52. The van der Waals surface area contributed by atoms with Gasteiger partial charge in [0, 0.05) is 42.9 Å². The molecule has 2 N–H and O–H groups in total. The highest BCUT2D eigenvalue weighted by atomic mass is 15.3. The summed E-state index contributed by atoms with van der Waals surface area (Å²) in [5, 5.41) is 4.73. The quantitative estimate of drug-likeness (QED) is 0.613. The van der Waals surface area contributed by atoms with E-state index in [4.69, 9.17) is 0 Å². The number of H-pyrrole nitrogens is 1. The lowest BCUT2D eigenvalue weighted by Crippen LogP contribution is -2.27. The molecule has 0 atom stereocenters. The maximum atomic E-state index is 4.69. The average molecular weight is 337 g/mol. The van der Waals surface area contributed by atoms with Gasteiger partial charge in [0.05, 0.1) is 0 Å². The van der Waals surface area contributed by atoms with Crippen LogP contribution in [0, 0.1) is 0 Å². The van der Waals surface area contributed by atoms with Gasteiger partial charge in [0.15, 0.2) is 0 Å². The Bertz CT molecular complexity index is 789. The number of aromatic nitrogens is 3. The summed E-state index contributed by atoms with van der Waals surface area (Å²) in [6.07, 6.45) is 7.09. The fourth-order valence-corrected chi connectivity index (χ4v) is 3.11. The molecule has 5 heteroatoms. The molecule has 1 aromatic carbocycles. The van der Waals surface area contributed by atoms with E-state index in [9.17, 15) is 0 Å². The van der Waals surface area contributed by atoms with Crippen LogP contribution in [0.4, 0.5) is 11.8 Å². The van der Waals surface area contributed by atoms with E-state index < -0.39 is 0 Å². The van der Waals surface area contributed by atoms with Gasteiger partial charge in [-0.2, -0.15) is 4.98 Å². The lowest BCUT2D eigenvalue weighted by Gasteiger charge is -2.21. The van der Waals surface area contributed by atoms with E-state index in [0.717, 1.165) is 50.7 Å². The van der Waals surface area contributed by atoms with Crippen molar-refractivity contribution in [3.05, 3.63) is 48.3 Å². The zero-order chi connectivity index (χ0) is 17.5. The van der Waals surface area contributed by atoms with E-state index >= 15 is 0 Å². The molecule has 5 nitrogen and oxygen atoms in total. The number of hydrogen-bond acceptors (Lipinski definition) is 4. The van der Waals surface area contributed by atoms with Crippen LogP contribution in [0.5, 0.6) is 0 Å². The van der Waals surface area contributed by atoms with Crippen LogP contribution in [0.25, 0.3) is 10.9 Å². The monoisotopic (exact) mass is 337 g/mol. The SMILES string of the molecule is CCCN(CCC)c1nccc(NCCc2c[nH]c3ccccc23)n1. The number of para-hydroxylation sites is 1. The summed E-state index contributed by atoms with van der Waals surface area (Å²) < 4.78 is 0. The molecule has 132 valence electrons. The minimum absolute atomic E-state index is 0.820. The summed E-state index contributed by atoms with van der Waals surface area (Å²) >= 11 is 0. The van der Waals surface area contributed by atoms with Crippen molar-refractivity contribution in [2.45, 2.75) is 33.1 Å². The Morgan fingerprint density at radius 2 is 1.88 bits per heavy atom. The van der Waals surface area contributed by atoms with E-state index in [2.05, 4.69) is 69.5 Å². The Morgan fingerprint density at radius 3 is 2.68 bits per heavy atom. The minimum atomic E-state index is 0.820. The van der Waals surface area contributed by atoms with Gasteiger partial charge in [-0.05, 0) is 37.0 Å². The largest absolute Gasteiger partial charge is 0.370 e. The van der Waals surface area contributed by atoms with Gasteiger partial charge >= 0.3 is 0 Å². The highest BCUT2D eigenvalue weighted by molar-refractivity contribution is 5.83. The van der Waals surface area contributed by atoms with Crippen LogP contribution in [0.15, 0.2) is 42.7 Å². The molecule has 25 heavy (non-hydrogen) atoms. The van der Waals surface area contributed by atoms with Crippen LogP contribution in [0.1, 0.15) is 32.3 Å². The van der Waals surface area contributed by atoms with Crippen LogP contribution in [0.3, 0.4) is 0 Å². The predicted molar refractivity (Wildman–Crippen MR) is 105 cm³/mol. The molecule has 0 saturated heterocycles. The van der Waals surface area contributed by atoms with Crippen molar-refractivity contribution < 1.29 is 0 Å². The van der Waals surface area contributed by atoms with E-state index in [1.165, 1.54) is 16.5 Å². The molecule has 0 bridgehead atoms. The third kappa shape index (κ3) is 4.29. The van der Waals surface area contributed by atoms with Crippen molar-refractivity contribution in [3.8, 4) is 0 Å². The number of nitrogens with zero attached hydrogens (tertiary/aromatic N) is 3. The first kappa shape index (κ1) is 17.3. The van der Waals surface area contributed by atoms with Gasteiger partial charge < -0.3 is 15.2 Å². The Kier molecular flexibility index (Phi) is 5.88. The average Bonchev–Trinajstić information content (AvgIpc) is 3.05. The summed E-state index contributed by atoms with van der Waals surface area (Å²) in [6, 6.07) is 10.4. The fourth-order valence-electron chi connectivity index (χ4n) is 3.11. The van der Waals surface area contributed by atoms with Crippen LogP contribution < -0.4 is 10.2 Å². The molecule has 0 aliphatic rings. The molecule has 2 aromatic heterocycles. The highest BCUT2D eigenvalue weighted by Crippen LogP contribution is 2.18. The number of aromatic amines is 1. The molecule has 0 amide bonds. The van der Waals surface area contributed by atoms with Gasteiger partial charge in [-0.1, -0.05) is 32.0 Å². The minimum Gasteiger partial charge on any atom is -0.370 e. The van der Waals surface area contributed by atoms with Crippen molar-refractivity contribution in [1.29, 1.82) is 0 Å². The van der Waals surface area contributed by atoms with E-state index in [1.54, 1.807) is 0 Å². The molecule has 0 fully saturated rings. The number of benzene rings is 1. The number of fused-ring (bicyclic) bond motifs is 1. The lowest BCUT2D eigenvalue weighted by molar-refractivity contribution is 0.721. The zero-order valence-corrected chi connectivity index (χ0v) is 15.1. The molecule has 0 unspecified atom stereocenters. The summed E-state index contributed by atoms with van der Waals surface area (Å²) in [5.74, 6) is 1.71. The molecule has 2 heterocycles. The second-order valence-corrected chi connectivity index (χ2v) is 6.27. The maximum Gasteiger partial charge on any atom is 0.227 e. The van der Waals surface area contributed by atoms with Gasteiger partial charge in [-0.3, -0.25) is 0 Å². The van der Waals surface area contributed by atoms with Crippen LogP contribution in [0.2, 0.25) is 0 Å². The predicted octanol–water partition coefficient (Wildman–Crippen LogP) is 4.24. The van der Waals surface area contributed by atoms with Crippen molar-refractivity contribution in [2.24, 2.45) is 0 Å². The Hall–Kier alpha value is -2.56. The Morgan fingerprint density at radius 1 is 1.08 bits per heavy atom. The molecule has 3 rings (SSSR count). The third-order valence-corrected chi connectivity index (χ3v) is 4.29. The lowest BCUT2D eigenvalue weighted by atomic mass is 10.1. The van der Waals surface area contributed by atoms with Crippen LogP contribution in [-0.4, -0.2) is 34.6 Å². The topological polar surface area (TPSA) is 56.8 Å². The second kappa shape index (κ2) is 8.51.